The van der Waals surface area contributed by atoms with Crippen molar-refractivity contribution < 1.29 is 0 Å². The molecule has 0 rings (SSSR count). The topological polar surface area (TPSA) is 0 Å². The van der Waals surface area contributed by atoms with Gasteiger partial charge in [-0.1, -0.05) is 42.9 Å². The molecule has 0 N–H and O–H groups in total. The van der Waals surface area contributed by atoms with Crippen molar-refractivity contribution in [3.8, 4) is 0 Å². The van der Waals surface area contributed by atoms with Gasteiger partial charge in [0.05, 0.1) is 0 Å². The van der Waals surface area contributed by atoms with Crippen LogP contribution in [-0.4, -0.2) is 0 Å². The number of hydrogen-bond acceptors (Lipinski definition) is 0. The molecule has 0 spiro atoms. The van der Waals surface area contributed by atoms with Crippen LogP contribution in [0.4, 0.5) is 0 Å². The summed E-state index contributed by atoms with van der Waals surface area (Å²) in [5.41, 5.74) is 2.69. The van der Waals surface area contributed by atoms with E-state index in [0.29, 0.717) is 0 Å². The van der Waals surface area contributed by atoms with Gasteiger partial charge in [0.25, 0.3) is 0 Å². The Morgan fingerprint density at radius 1 is 1.40 bits per heavy atom. The van der Waals surface area contributed by atoms with Crippen molar-refractivity contribution >= 4 is 0 Å². The maximum atomic E-state index is 3.63. The van der Waals surface area contributed by atoms with Crippen molar-refractivity contribution in [1.29, 1.82) is 0 Å². The summed E-state index contributed by atoms with van der Waals surface area (Å²) in [7, 11) is 0. The zero-order chi connectivity index (χ0) is 7.98. The smallest absolute Gasteiger partial charge is 0.0348 e. The fourth-order valence-electron chi connectivity index (χ4n) is 0.725. The summed E-state index contributed by atoms with van der Waals surface area (Å²) in [6.07, 6.45) is 7.14. The van der Waals surface area contributed by atoms with Crippen LogP contribution in [-0.2, 0) is 0 Å². The van der Waals surface area contributed by atoms with E-state index >= 15 is 0 Å². The molecule has 0 unspecified atom stereocenters. The Kier molecular flexibility index (Phi) is 4.65. The summed E-state index contributed by atoms with van der Waals surface area (Å²) in [4.78, 5) is 0. The Labute approximate surface area is 64.0 Å². The van der Waals surface area contributed by atoms with E-state index in [1.165, 1.54) is 11.1 Å². The molecule has 0 aromatic rings. The van der Waals surface area contributed by atoms with Gasteiger partial charge in [-0.05, 0) is 20.3 Å². The largest absolute Gasteiger partial charge is 0.0991 e. The molecule has 0 heteroatoms. The highest BCUT2D eigenvalue weighted by molar-refractivity contribution is 5.23. The minimum atomic E-state index is 1.13. The lowest BCUT2D eigenvalue weighted by atomic mass is 10.1. The van der Waals surface area contributed by atoms with E-state index in [-0.39, 0.29) is 0 Å². The molecule has 0 aliphatic heterocycles. The van der Waals surface area contributed by atoms with Gasteiger partial charge in [0.2, 0.25) is 0 Å². The van der Waals surface area contributed by atoms with Gasteiger partial charge in [0.15, 0.2) is 0 Å². The van der Waals surface area contributed by atoms with Gasteiger partial charge < -0.3 is 0 Å². The van der Waals surface area contributed by atoms with E-state index in [1.807, 2.05) is 12.2 Å². The molecule has 10 heavy (non-hydrogen) atoms. The lowest BCUT2D eigenvalue weighted by Crippen LogP contribution is -1.73. The van der Waals surface area contributed by atoms with Crippen LogP contribution in [0.1, 0.15) is 27.2 Å². The molecule has 0 nitrogen and oxygen atoms in total. The average Bonchev–Trinajstić information content (AvgIpc) is 1.88. The third-order valence-electron chi connectivity index (χ3n) is 1.41. The zero-order valence-corrected chi connectivity index (χ0v) is 7.15. The van der Waals surface area contributed by atoms with E-state index in [2.05, 4.69) is 33.4 Å². The van der Waals surface area contributed by atoms with E-state index < -0.39 is 0 Å². The SMILES string of the molecule is C=C/C=C(C)\C=C(/C)CC. The second-order valence-electron chi connectivity index (χ2n) is 2.49. The van der Waals surface area contributed by atoms with Gasteiger partial charge in [-0.3, -0.25) is 0 Å². The monoisotopic (exact) mass is 136 g/mol. The van der Waals surface area contributed by atoms with E-state index in [0.717, 1.165) is 6.42 Å². The molecule has 0 aliphatic carbocycles. The molecular formula is C10H16. The molecule has 0 heterocycles. The van der Waals surface area contributed by atoms with Crippen LogP contribution < -0.4 is 0 Å². The maximum absolute atomic E-state index is 3.63. The summed E-state index contributed by atoms with van der Waals surface area (Å²) in [5, 5.41) is 0. The molecule has 0 amide bonds. The number of rotatable bonds is 3. The summed E-state index contributed by atoms with van der Waals surface area (Å²) in [5.74, 6) is 0. The third kappa shape index (κ3) is 4.13. The molecule has 0 aliphatic rings. The lowest BCUT2D eigenvalue weighted by Gasteiger charge is -1.93. The van der Waals surface area contributed by atoms with Crippen molar-refractivity contribution in [1.82, 2.24) is 0 Å². The second kappa shape index (κ2) is 5.04. The van der Waals surface area contributed by atoms with Crippen molar-refractivity contribution in [2.75, 3.05) is 0 Å². The first-order valence-corrected chi connectivity index (χ1v) is 3.67. The quantitative estimate of drug-likeness (QED) is 0.521. The van der Waals surface area contributed by atoms with Crippen LogP contribution in [0.15, 0.2) is 36.0 Å². The lowest BCUT2D eigenvalue weighted by molar-refractivity contribution is 1.09. The number of hydrogen-bond donors (Lipinski definition) is 0. The molecule has 0 fully saturated rings. The van der Waals surface area contributed by atoms with Gasteiger partial charge in [0.1, 0.15) is 0 Å². The first-order chi connectivity index (χ1) is 4.70. The molecule has 0 atom stereocenters. The summed E-state index contributed by atoms with van der Waals surface area (Å²) < 4.78 is 0. The first-order valence-electron chi connectivity index (χ1n) is 3.67. The molecular weight excluding hydrogens is 120 g/mol. The highest BCUT2D eigenvalue weighted by atomic mass is 13.9. The predicted octanol–water partition coefficient (Wildman–Crippen LogP) is 3.48. The van der Waals surface area contributed by atoms with E-state index in [9.17, 15) is 0 Å². The molecule has 0 aromatic heterocycles. The Balaban J connectivity index is 4.11. The van der Waals surface area contributed by atoms with Crippen molar-refractivity contribution in [3.05, 3.63) is 36.0 Å². The van der Waals surface area contributed by atoms with Gasteiger partial charge in [0, 0.05) is 0 Å². The number of allylic oxidation sites excluding steroid dienone is 5. The minimum Gasteiger partial charge on any atom is -0.0991 e. The van der Waals surface area contributed by atoms with Crippen molar-refractivity contribution in [2.45, 2.75) is 27.2 Å². The highest BCUT2D eigenvalue weighted by Gasteiger charge is 1.83. The zero-order valence-electron chi connectivity index (χ0n) is 7.15. The molecule has 0 bridgehead atoms. The van der Waals surface area contributed by atoms with Gasteiger partial charge >= 0.3 is 0 Å². The summed E-state index contributed by atoms with van der Waals surface area (Å²) in [6, 6.07) is 0. The third-order valence-corrected chi connectivity index (χ3v) is 1.41. The molecule has 0 saturated heterocycles. The van der Waals surface area contributed by atoms with Crippen LogP contribution >= 0.6 is 0 Å². The van der Waals surface area contributed by atoms with Gasteiger partial charge in [-0.2, -0.15) is 0 Å². The average molecular weight is 136 g/mol. The Morgan fingerprint density at radius 2 is 2.00 bits per heavy atom. The molecule has 56 valence electrons. The van der Waals surface area contributed by atoms with Crippen LogP contribution in [0, 0.1) is 0 Å². The normalized spacial score (nSPS) is 13.5. The van der Waals surface area contributed by atoms with Crippen LogP contribution in [0.2, 0.25) is 0 Å². The van der Waals surface area contributed by atoms with E-state index in [4.69, 9.17) is 0 Å². The first kappa shape index (κ1) is 9.22. The Morgan fingerprint density at radius 3 is 2.40 bits per heavy atom. The predicted molar refractivity (Wildman–Crippen MR) is 48.0 cm³/mol. The van der Waals surface area contributed by atoms with Crippen LogP contribution in [0.5, 0.6) is 0 Å². The van der Waals surface area contributed by atoms with Gasteiger partial charge in [-0.25, -0.2) is 0 Å². The summed E-state index contributed by atoms with van der Waals surface area (Å²) >= 11 is 0. The molecule has 0 aromatic carbocycles. The Hall–Kier alpha value is -0.780. The summed E-state index contributed by atoms with van der Waals surface area (Å²) in [6.45, 7) is 10.0. The minimum absolute atomic E-state index is 1.13. The molecule has 0 radical (unpaired) electrons. The van der Waals surface area contributed by atoms with E-state index in [1.54, 1.807) is 0 Å². The highest BCUT2D eigenvalue weighted by Crippen LogP contribution is 2.04. The standard InChI is InChI=1S/C10H16/c1-5-7-10(4)8-9(3)6-2/h5,7-8H,1,6H2,2-4H3/b9-8+,10-7-. The fraction of sp³-hybridized carbons (Fsp3) is 0.400. The van der Waals surface area contributed by atoms with Crippen molar-refractivity contribution in [2.24, 2.45) is 0 Å². The van der Waals surface area contributed by atoms with Gasteiger partial charge in [-0.15, -0.1) is 0 Å². The van der Waals surface area contributed by atoms with Crippen LogP contribution in [0.25, 0.3) is 0 Å². The van der Waals surface area contributed by atoms with Crippen molar-refractivity contribution in [3.63, 3.8) is 0 Å². The second-order valence-corrected chi connectivity index (χ2v) is 2.49. The fourth-order valence-corrected chi connectivity index (χ4v) is 0.725. The Bertz CT molecular complexity index is 159. The molecule has 0 saturated carbocycles. The van der Waals surface area contributed by atoms with Crippen LogP contribution in [0.3, 0.4) is 0 Å². The maximum Gasteiger partial charge on any atom is -0.0348 e.